The number of aromatic nitrogens is 1. The van der Waals surface area contributed by atoms with Crippen molar-refractivity contribution in [1.82, 2.24) is 10.3 Å². The molecule has 1 heterocycles. The Labute approximate surface area is 107 Å². The molecule has 0 fully saturated rings. The van der Waals surface area contributed by atoms with E-state index in [0.29, 0.717) is 6.61 Å². The smallest absolute Gasteiger partial charge is 0.110 e. The minimum Gasteiger partial charge on any atom is -0.383 e. The highest BCUT2D eigenvalue weighted by Crippen LogP contribution is 2.26. The van der Waals surface area contributed by atoms with Crippen molar-refractivity contribution < 1.29 is 9.47 Å². The lowest BCUT2D eigenvalue weighted by Crippen LogP contribution is -2.33. The summed E-state index contributed by atoms with van der Waals surface area (Å²) in [5.41, 5.74) is -0.156. The summed E-state index contributed by atoms with van der Waals surface area (Å²) >= 11 is 1.67. The quantitative estimate of drug-likeness (QED) is 0.726. The molecule has 0 saturated heterocycles. The number of hydrogen-bond acceptors (Lipinski definition) is 5. The maximum atomic E-state index is 5.48. The maximum Gasteiger partial charge on any atom is 0.110 e. The van der Waals surface area contributed by atoms with Crippen LogP contribution in [0.2, 0.25) is 0 Å². The van der Waals surface area contributed by atoms with Gasteiger partial charge in [-0.25, -0.2) is 4.98 Å². The van der Waals surface area contributed by atoms with Crippen molar-refractivity contribution in [2.45, 2.75) is 31.9 Å². The Balaban J connectivity index is 2.60. The molecule has 1 N–H and O–H groups in total. The first-order chi connectivity index (χ1) is 8.09. The molecule has 0 aliphatic heterocycles. The topological polar surface area (TPSA) is 43.4 Å². The van der Waals surface area contributed by atoms with Crippen molar-refractivity contribution in [3.05, 3.63) is 16.6 Å². The van der Waals surface area contributed by atoms with Crippen molar-refractivity contribution in [2.24, 2.45) is 0 Å². The molecule has 17 heavy (non-hydrogen) atoms. The second kappa shape index (κ2) is 7.06. The van der Waals surface area contributed by atoms with Gasteiger partial charge in [-0.15, -0.1) is 11.3 Å². The number of thiazole rings is 1. The molecule has 98 valence electrons. The van der Waals surface area contributed by atoms with Crippen LogP contribution in [0.5, 0.6) is 0 Å². The van der Waals surface area contributed by atoms with E-state index in [4.69, 9.17) is 9.47 Å². The summed E-state index contributed by atoms with van der Waals surface area (Å²) in [6, 6.07) is 0.222. The number of hydrogen-bond donors (Lipinski definition) is 1. The number of rotatable bonds is 8. The fourth-order valence-corrected chi connectivity index (χ4v) is 2.28. The molecule has 0 spiro atoms. The van der Waals surface area contributed by atoms with Gasteiger partial charge in [0, 0.05) is 32.3 Å². The third-order valence-electron chi connectivity index (χ3n) is 2.69. The van der Waals surface area contributed by atoms with E-state index in [-0.39, 0.29) is 11.6 Å². The first kappa shape index (κ1) is 14.6. The van der Waals surface area contributed by atoms with Gasteiger partial charge in [0.25, 0.3) is 0 Å². The fourth-order valence-electron chi connectivity index (χ4n) is 1.56. The summed E-state index contributed by atoms with van der Waals surface area (Å²) in [4.78, 5) is 4.37. The normalized spacial score (nSPS) is 13.9. The zero-order valence-corrected chi connectivity index (χ0v) is 11.8. The van der Waals surface area contributed by atoms with Gasteiger partial charge in [-0.05, 0) is 20.3 Å². The van der Waals surface area contributed by atoms with Crippen LogP contribution in [0.4, 0.5) is 0 Å². The minimum absolute atomic E-state index is 0.156. The monoisotopic (exact) mass is 258 g/mol. The van der Waals surface area contributed by atoms with E-state index in [2.05, 4.69) is 24.1 Å². The van der Waals surface area contributed by atoms with Crippen LogP contribution in [0.1, 0.15) is 31.3 Å². The van der Waals surface area contributed by atoms with E-state index >= 15 is 0 Å². The lowest BCUT2D eigenvalue weighted by atomic mass is 9.99. The van der Waals surface area contributed by atoms with Crippen LogP contribution in [0.25, 0.3) is 0 Å². The molecule has 1 aromatic heterocycles. The molecule has 0 amide bonds. The second-order valence-electron chi connectivity index (χ2n) is 4.54. The van der Waals surface area contributed by atoms with Crippen LogP contribution >= 0.6 is 11.3 Å². The molecule has 1 rings (SSSR count). The third-order valence-corrected chi connectivity index (χ3v) is 3.58. The molecule has 0 aliphatic carbocycles. The van der Waals surface area contributed by atoms with Crippen molar-refractivity contribution in [3.63, 3.8) is 0 Å². The highest BCUT2D eigenvalue weighted by molar-refractivity contribution is 7.09. The molecule has 0 saturated carbocycles. The molecule has 0 aliphatic rings. The molecule has 1 aromatic rings. The Morgan fingerprint density at radius 3 is 2.76 bits per heavy atom. The highest BCUT2D eigenvalue weighted by Gasteiger charge is 2.25. The van der Waals surface area contributed by atoms with Crippen molar-refractivity contribution >= 4 is 11.3 Å². The molecule has 1 unspecified atom stereocenters. The molecule has 0 radical (unpaired) electrons. The predicted molar refractivity (Wildman–Crippen MR) is 70.4 cm³/mol. The summed E-state index contributed by atoms with van der Waals surface area (Å²) in [5, 5.41) is 6.56. The highest BCUT2D eigenvalue weighted by atomic mass is 32.1. The van der Waals surface area contributed by atoms with E-state index in [0.717, 1.165) is 18.0 Å². The third kappa shape index (κ3) is 5.12. The number of nitrogens with zero attached hydrogens (tertiary/aromatic N) is 1. The SMILES string of the molecule is COCCNC(CC(C)(C)OC)c1nccs1. The Hall–Kier alpha value is -0.490. The van der Waals surface area contributed by atoms with Gasteiger partial charge in [-0.2, -0.15) is 0 Å². The summed E-state index contributed by atoms with van der Waals surface area (Å²) in [5.74, 6) is 0. The van der Waals surface area contributed by atoms with Gasteiger partial charge < -0.3 is 14.8 Å². The van der Waals surface area contributed by atoms with Gasteiger partial charge in [-0.3, -0.25) is 0 Å². The predicted octanol–water partition coefficient (Wildman–Crippen LogP) is 2.24. The molecule has 0 aromatic carbocycles. The van der Waals surface area contributed by atoms with Gasteiger partial charge in [0.15, 0.2) is 0 Å². The Kier molecular flexibility index (Phi) is 6.05. The van der Waals surface area contributed by atoms with Gasteiger partial charge in [0.1, 0.15) is 5.01 Å². The summed E-state index contributed by atoms with van der Waals surface area (Å²) in [6.45, 7) is 5.70. The lowest BCUT2D eigenvalue weighted by molar-refractivity contribution is 0.00631. The molecular formula is C12H22N2O2S. The summed E-state index contributed by atoms with van der Waals surface area (Å²) in [6.07, 6.45) is 2.73. The fraction of sp³-hybridized carbons (Fsp3) is 0.750. The van der Waals surface area contributed by atoms with E-state index in [1.807, 2.05) is 11.6 Å². The largest absolute Gasteiger partial charge is 0.383 e. The Bertz CT molecular complexity index is 301. The first-order valence-electron chi connectivity index (χ1n) is 5.76. The lowest BCUT2D eigenvalue weighted by Gasteiger charge is -2.28. The number of ether oxygens (including phenoxy) is 2. The van der Waals surface area contributed by atoms with Crippen LogP contribution in [0.3, 0.4) is 0 Å². The number of nitrogens with one attached hydrogen (secondary N) is 1. The van der Waals surface area contributed by atoms with Crippen LogP contribution in [0.15, 0.2) is 11.6 Å². The van der Waals surface area contributed by atoms with Gasteiger partial charge >= 0.3 is 0 Å². The Morgan fingerprint density at radius 1 is 1.47 bits per heavy atom. The van der Waals surface area contributed by atoms with Gasteiger partial charge in [0.05, 0.1) is 18.2 Å². The Morgan fingerprint density at radius 2 is 2.24 bits per heavy atom. The average Bonchev–Trinajstić information content (AvgIpc) is 2.81. The molecule has 5 heteroatoms. The molecule has 1 atom stereocenters. The van der Waals surface area contributed by atoms with Crippen molar-refractivity contribution in [1.29, 1.82) is 0 Å². The van der Waals surface area contributed by atoms with Gasteiger partial charge in [0.2, 0.25) is 0 Å². The maximum absolute atomic E-state index is 5.48. The molecular weight excluding hydrogens is 236 g/mol. The van der Waals surface area contributed by atoms with Crippen LogP contribution in [-0.2, 0) is 9.47 Å². The van der Waals surface area contributed by atoms with E-state index in [9.17, 15) is 0 Å². The second-order valence-corrected chi connectivity index (χ2v) is 5.46. The van der Waals surface area contributed by atoms with Crippen LogP contribution in [-0.4, -0.2) is 38.0 Å². The van der Waals surface area contributed by atoms with Crippen LogP contribution < -0.4 is 5.32 Å². The molecule has 0 bridgehead atoms. The first-order valence-corrected chi connectivity index (χ1v) is 6.64. The van der Waals surface area contributed by atoms with Gasteiger partial charge in [-0.1, -0.05) is 0 Å². The summed E-state index contributed by atoms with van der Waals surface area (Å²) in [7, 11) is 3.45. The summed E-state index contributed by atoms with van der Waals surface area (Å²) < 4.78 is 10.5. The standard InChI is InChI=1S/C12H22N2O2S/c1-12(2,16-4)9-10(13-5-7-15-3)11-14-6-8-17-11/h6,8,10,13H,5,7,9H2,1-4H3. The zero-order valence-electron chi connectivity index (χ0n) is 11.0. The molecule has 4 nitrogen and oxygen atoms in total. The number of methoxy groups -OCH3 is 2. The van der Waals surface area contributed by atoms with Crippen molar-refractivity contribution in [2.75, 3.05) is 27.4 Å². The van der Waals surface area contributed by atoms with Crippen LogP contribution in [0, 0.1) is 0 Å². The zero-order chi connectivity index (χ0) is 12.7. The average molecular weight is 258 g/mol. The van der Waals surface area contributed by atoms with E-state index < -0.39 is 0 Å². The van der Waals surface area contributed by atoms with E-state index in [1.165, 1.54) is 0 Å². The van der Waals surface area contributed by atoms with E-state index in [1.54, 1.807) is 25.6 Å². The van der Waals surface area contributed by atoms with Crippen molar-refractivity contribution in [3.8, 4) is 0 Å². The minimum atomic E-state index is -0.156.